The Labute approximate surface area is 204 Å². The third-order valence-electron chi connectivity index (χ3n) is 7.38. The average Bonchev–Trinajstić information content (AvgIpc) is 3.45. The summed E-state index contributed by atoms with van der Waals surface area (Å²) in [4.78, 5) is 21.7. The molecule has 35 heavy (non-hydrogen) atoms. The highest BCUT2D eigenvalue weighted by atomic mass is 16.2. The van der Waals surface area contributed by atoms with Crippen molar-refractivity contribution < 1.29 is 4.79 Å². The minimum absolute atomic E-state index is 0.0227. The van der Waals surface area contributed by atoms with Gasteiger partial charge < -0.3 is 14.8 Å². The molecule has 2 N–H and O–H groups in total. The Bertz CT molecular complexity index is 1340. The number of hydrogen-bond donors (Lipinski definition) is 2. The Morgan fingerprint density at radius 1 is 1.17 bits per heavy atom. The number of carbonyl (C=O) groups excluding carboxylic acids is 1. The Hall–Kier alpha value is -3.65. The Morgan fingerprint density at radius 3 is 2.91 bits per heavy atom. The summed E-state index contributed by atoms with van der Waals surface area (Å²) in [6.07, 6.45) is 8.69. The van der Waals surface area contributed by atoms with Gasteiger partial charge in [0.15, 0.2) is 0 Å². The highest BCUT2D eigenvalue weighted by molar-refractivity contribution is 5.83. The van der Waals surface area contributed by atoms with Crippen LogP contribution in [-0.2, 0) is 26.6 Å². The number of benzene rings is 1. The molecule has 0 bridgehead atoms. The summed E-state index contributed by atoms with van der Waals surface area (Å²) in [5.74, 6) is 0. The van der Waals surface area contributed by atoms with Gasteiger partial charge >= 0.3 is 6.03 Å². The number of aryl methyl sites for hydroxylation is 1. The maximum Gasteiger partial charge on any atom is 0.317 e. The molecule has 0 unspecified atom stereocenters. The van der Waals surface area contributed by atoms with E-state index in [4.69, 9.17) is 0 Å². The Kier molecular flexibility index (Phi) is 5.74. The van der Waals surface area contributed by atoms with Gasteiger partial charge in [-0.15, -0.1) is 0 Å². The van der Waals surface area contributed by atoms with Gasteiger partial charge in [0.05, 0.1) is 12.2 Å². The smallest absolute Gasteiger partial charge is 0.317 e. The van der Waals surface area contributed by atoms with Crippen LogP contribution in [0.25, 0.3) is 22.2 Å². The number of fused-ring (bicyclic) bond motifs is 2. The molecule has 180 valence electrons. The molecule has 4 aromatic rings. The number of H-pyrrole nitrogens is 1. The number of urea groups is 1. The van der Waals surface area contributed by atoms with E-state index in [2.05, 4.69) is 67.5 Å². The van der Waals surface area contributed by atoms with Crippen molar-refractivity contribution in [3.05, 3.63) is 71.8 Å². The topological polar surface area (TPSA) is 82.1 Å². The molecule has 0 radical (unpaired) electrons. The maximum absolute atomic E-state index is 13.2. The van der Waals surface area contributed by atoms with Crippen molar-refractivity contribution in [1.82, 2.24) is 34.9 Å². The fourth-order valence-electron chi connectivity index (χ4n) is 5.59. The molecule has 3 aromatic heterocycles. The van der Waals surface area contributed by atoms with Crippen molar-refractivity contribution in [1.29, 1.82) is 0 Å². The Balaban J connectivity index is 1.10. The molecule has 1 atom stereocenters. The molecule has 1 saturated heterocycles. The van der Waals surface area contributed by atoms with E-state index in [0.717, 1.165) is 61.4 Å². The highest BCUT2D eigenvalue weighted by Crippen LogP contribution is 2.28. The lowest BCUT2D eigenvalue weighted by molar-refractivity contribution is 0.160. The normalized spacial score (nSPS) is 18.5. The molecular formula is C27H31N7O. The number of piperidine rings is 1. The van der Waals surface area contributed by atoms with E-state index in [1.807, 2.05) is 17.0 Å². The zero-order valence-electron chi connectivity index (χ0n) is 20.1. The number of aromatic nitrogens is 4. The van der Waals surface area contributed by atoms with Crippen LogP contribution in [0.15, 0.2) is 55.0 Å². The van der Waals surface area contributed by atoms with Gasteiger partial charge in [-0.3, -0.25) is 15.0 Å². The van der Waals surface area contributed by atoms with E-state index in [-0.39, 0.29) is 12.1 Å². The number of amides is 2. The van der Waals surface area contributed by atoms with Gasteiger partial charge in [0, 0.05) is 85.5 Å². The lowest BCUT2D eigenvalue weighted by Gasteiger charge is -2.35. The molecule has 8 nitrogen and oxygen atoms in total. The molecule has 6 rings (SSSR count). The molecular weight excluding hydrogens is 438 g/mol. The first-order valence-corrected chi connectivity index (χ1v) is 12.4. The summed E-state index contributed by atoms with van der Waals surface area (Å²) >= 11 is 0. The van der Waals surface area contributed by atoms with Crippen LogP contribution in [0.1, 0.15) is 29.7 Å². The van der Waals surface area contributed by atoms with Crippen LogP contribution in [-0.4, -0.2) is 61.3 Å². The molecule has 0 aliphatic carbocycles. The molecule has 8 heteroatoms. The van der Waals surface area contributed by atoms with Crippen molar-refractivity contribution in [2.45, 2.75) is 38.4 Å². The van der Waals surface area contributed by atoms with Crippen molar-refractivity contribution in [2.24, 2.45) is 7.05 Å². The monoisotopic (exact) mass is 469 g/mol. The van der Waals surface area contributed by atoms with E-state index in [9.17, 15) is 4.79 Å². The zero-order valence-corrected chi connectivity index (χ0v) is 20.1. The molecule has 1 aromatic carbocycles. The predicted molar refractivity (Wildman–Crippen MR) is 136 cm³/mol. The average molecular weight is 470 g/mol. The minimum atomic E-state index is 0.0227. The van der Waals surface area contributed by atoms with Gasteiger partial charge in [-0.1, -0.05) is 18.2 Å². The summed E-state index contributed by atoms with van der Waals surface area (Å²) in [5, 5.41) is 12.3. The third kappa shape index (κ3) is 4.30. The van der Waals surface area contributed by atoms with Gasteiger partial charge in [-0.2, -0.15) is 5.10 Å². The van der Waals surface area contributed by atoms with Gasteiger partial charge in [0.25, 0.3) is 0 Å². The van der Waals surface area contributed by atoms with E-state index in [1.54, 1.807) is 12.4 Å². The van der Waals surface area contributed by atoms with Crippen molar-refractivity contribution in [3.63, 3.8) is 0 Å². The molecule has 1 fully saturated rings. The van der Waals surface area contributed by atoms with Crippen LogP contribution in [0.2, 0.25) is 0 Å². The van der Waals surface area contributed by atoms with Crippen molar-refractivity contribution in [2.75, 3.05) is 19.6 Å². The maximum atomic E-state index is 13.2. The van der Waals surface area contributed by atoms with E-state index in [1.165, 1.54) is 16.5 Å². The minimum Gasteiger partial charge on any atom is -0.350 e. The fourth-order valence-corrected chi connectivity index (χ4v) is 5.59. The van der Waals surface area contributed by atoms with Gasteiger partial charge in [-0.25, -0.2) is 4.79 Å². The van der Waals surface area contributed by atoms with Crippen LogP contribution in [0.3, 0.4) is 0 Å². The van der Waals surface area contributed by atoms with E-state index < -0.39 is 0 Å². The molecule has 5 heterocycles. The van der Waals surface area contributed by atoms with Gasteiger partial charge in [-0.05, 0) is 43.1 Å². The second-order valence-corrected chi connectivity index (χ2v) is 9.74. The van der Waals surface area contributed by atoms with Gasteiger partial charge in [0.1, 0.15) is 0 Å². The molecule has 2 amide bonds. The number of likely N-dealkylation sites (tertiary alicyclic amines) is 1. The summed E-state index contributed by atoms with van der Waals surface area (Å²) in [5.41, 5.74) is 6.79. The van der Waals surface area contributed by atoms with Crippen molar-refractivity contribution >= 4 is 16.9 Å². The summed E-state index contributed by atoms with van der Waals surface area (Å²) in [7, 11) is 2.11. The third-order valence-corrected chi connectivity index (χ3v) is 7.38. The number of aromatic amines is 1. The van der Waals surface area contributed by atoms with Crippen LogP contribution < -0.4 is 5.32 Å². The lowest BCUT2D eigenvalue weighted by Crippen LogP contribution is -2.52. The SMILES string of the molecule is Cn1cc(CN2CCC[C@@H](NC(=O)N3CCc4[nH]nc(-c5ccncc5)c4C3)C2)c2ccccc21. The number of nitrogens with zero attached hydrogens (tertiary/aromatic N) is 5. The molecule has 2 aliphatic heterocycles. The van der Waals surface area contributed by atoms with Crippen LogP contribution in [0.5, 0.6) is 0 Å². The number of nitrogens with one attached hydrogen (secondary N) is 2. The second-order valence-electron chi connectivity index (χ2n) is 9.74. The van der Waals surface area contributed by atoms with Gasteiger partial charge in [0.2, 0.25) is 0 Å². The number of para-hydroxylation sites is 1. The van der Waals surface area contributed by atoms with E-state index >= 15 is 0 Å². The standard InChI is InChI=1S/C27H31N7O/c1-32-15-20(22-6-2-3-7-25(22)32)16-33-13-4-5-21(17-33)29-27(35)34-14-10-24-23(18-34)26(31-30-24)19-8-11-28-12-9-19/h2-3,6-9,11-12,15,21H,4-5,10,13-14,16-18H2,1H3,(H,29,35)(H,30,31)/t21-/m1/s1. The quantitative estimate of drug-likeness (QED) is 0.478. The van der Waals surface area contributed by atoms with Crippen LogP contribution in [0, 0.1) is 0 Å². The molecule has 2 aliphatic rings. The second kappa shape index (κ2) is 9.19. The highest BCUT2D eigenvalue weighted by Gasteiger charge is 2.28. The number of rotatable bonds is 4. The first-order valence-electron chi connectivity index (χ1n) is 12.4. The number of carbonyl (C=O) groups is 1. The number of hydrogen-bond acceptors (Lipinski definition) is 4. The van der Waals surface area contributed by atoms with Crippen molar-refractivity contribution in [3.8, 4) is 11.3 Å². The number of pyridine rings is 1. The molecule has 0 saturated carbocycles. The summed E-state index contributed by atoms with van der Waals surface area (Å²) < 4.78 is 2.20. The predicted octanol–water partition coefficient (Wildman–Crippen LogP) is 3.70. The summed E-state index contributed by atoms with van der Waals surface area (Å²) in [6, 6.07) is 12.7. The fraction of sp³-hybridized carbons (Fsp3) is 0.370. The molecule has 0 spiro atoms. The zero-order chi connectivity index (χ0) is 23.8. The first-order chi connectivity index (χ1) is 17.2. The van der Waals surface area contributed by atoms with Crippen LogP contribution in [0.4, 0.5) is 4.79 Å². The lowest BCUT2D eigenvalue weighted by atomic mass is 10.0. The first kappa shape index (κ1) is 21.9. The Morgan fingerprint density at radius 2 is 2.03 bits per heavy atom. The van der Waals surface area contributed by atoms with Crippen LogP contribution >= 0.6 is 0 Å². The largest absolute Gasteiger partial charge is 0.350 e. The summed E-state index contributed by atoms with van der Waals surface area (Å²) in [6.45, 7) is 4.12. The van der Waals surface area contributed by atoms with E-state index in [0.29, 0.717) is 13.1 Å².